The van der Waals surface area contributed by atoms with Crippen molar-refractivity contribution < 1.29 is 27.5 Å². The number of nitrogens with zero attached hydrogens (tertiary/aromatic N) is 2. The molecule has 0 saturated heterocycles. The van der Waals surface area contributed by atoms with Crippen molar-refractivity contribution in [2.24, 2.45) is 0 Å². The van der Waals surface area contributed by atoms with Crippen molar-refractivity contribution in [2.75, 3.05) is 18.0 Å². The molecule has 0 radical (unpaired) electrons. The normalized spacial score (nSPS) is 13.8. The predicted molar refractivity (Wildman–Crippen MR) is 182 cm³/mol. The number of anilines is 1. The summed E-state index contributed by atoms with van der Waals surface area (Å²) in [5.74, 6) is 1.08. The van der Waals surface area contributed by atoms with Crippen LogP contribution in [-0.4, -0.2) is 50.9 Å². The second kappa shape index (κ2) is 15.6. The highest BCUT2D eigenvalue weighted by atomic mass is 32.2. The molecule has 1 unspecified atom stereocenters. The highest BCUT2D eigenvalue weighted by Gasteiger charge is 2.34. The molecule has 2 amide bonds. The van der Waals surface area contributed by atoms with Gasteiger partial charge in [-0.3, -0.25) is 13.9 Å². The van der Waals surface area contributed by atoms with Crippen molar-refractivity contribution in [3.8, 4) is 17.2 Å². The second-order valence-electron chi connectivity index (χ2n) is 11.5. The van der Waals surface area contributed by atoms with Gasteiger partial charge in [-0.1, -0.05) is 68.3 Å². The maximum atomic E-state index is 14.4. The van der Waals surface area contributed by atoms with Crippen LogP contribution in [-0.2, 0) is 26.2 Å². The third-order valence-corrected chi connectivity index (χ3v) is 10.1. The first kappa shape index (κ1) is 33.5. The number of ether oxygens (including phenoxy) is 2. The van der Waals surface area contributed by atoms with E-state index in [1.165, 1.54) is 17.0 Å². The summed E-state index contributed by atoms with van der Waals surface area (Å²) in [4.78, 5) is 29.6. The topological polar surface area (TPSA) is 105 Å². The van der Waals surface area contributed by atoms with Crippen LogP contribution in [0.5, 0.6) is 17.2 Å². The molecule has 4 aromatic rings. The van der Waals surface area contributed by atoms with Crippen molar-refractivity contribution in [1.82, 2.24) is 10.2 Å². The molecule has 1 N–H and O–H groups in total. The largest absolute Gasteiger partial charge is 0.497 e. The van der Waals surface area contributed by atoms with Crippen LogP contribution in [0.15, 0.2) is 114 Å². The number of rotatable bonds is 14. The van der Waals surface area contributed by atoms with Gasteiger partial charge in [0.25, 0.3) is 10.0 Å². The van der Waals surface area contributed by atoms with Crippen LogP contribution < -0.4 is 19.1 Å². The molecule has 1 aliphatic carbocycles. The fourth-order valence-electron chi connectivity index (χ4n) is 5.77. The van der Waals surface area contributed by atoms with Gasteiger partial charge < -0.3 is 19.7 Å². The van der Waals surface area contributed by atoms with E-state index in [4.69, 9.17) is 9.47 Å². The molecule has 10 heteroatoms. The molecular formula is C37H41N3O6S. The number of benzene rings is 4. The molecule has 1 saturated carbocycles. The third-order valence-electron chi connectivity index (χ3n) is 8.31. The van der Waals surface area contributed by atoms with Crippen molar-refractivity contribution in [2.45, 2.75) is 62.6 Å². The molecule has 0 aromatic heterocycles. The van der Waals surface area contributed by atoms with E-state index in [1.807, 2.05) is 49.4 Å². The molecule has 4 aromatic carbocycles. The number of sulfonamides is 1. The smallest absolute Gasteiger partial charge is 0.264 e. The molecule has 0 heterocycles. The quantitative estimate of drug-likeness (QED) is 0.165. The van der Waals surface area contributed by atoms with E-state index >= 15 is 0 Å². The molecule has 0 bridgehead atoms. The van der Waals surface area contributed by atoms with E-state index in [-0.39, 0.29) is 29.1 Å². The van der Waals surface area contributed by atoms with Gasteiger partial charge >= 0.3 is 0 Å². The predicted octanol–water partition coefficient (Wildman–Crippen LogP) is 6.55. The fraction of sp³-hybridized carbons (Fsp3) is 0.297. The number of hydrogen-bond donors (Lipinski definition) is 1. The van der Waals surface area contributed by atoms with Crippen LogP contribution in [0, 0.1) is 0 Å². The summed E-state index contributed by atoms with van der Waals surface area (Å²) in [6.07, 6.45) is 4.27. The lowest BCUT2D eigenvalue weighted by Gasteiger charge is -2.33. The summed E-state index contributed by atoms with van der Waals surface area (Å²) in [7, 11) is -2.60. The Kier molecular flexibility index (Phi) is 11.2. The van der Waals surface area contributed by atoms with Gasteiger partial charge in [-0.25, -0.2) is 8.42 Å². The number of nitrogens with one attached hydrogen (secondary N) is 1. The van der Waals surface area contributed by atoms with Crippen LogP contribution in [0.1, 0.15) is 44.6 Å². The maximum Gasteiger partial charge on any atom is 0.264 e. The van der Waals surface area contributed by atoms with Gasteiger partial charge in [0, 0.05) is 12.6 Å². The Morgan fingerprint density at radius 2 is 1.38 bits per heavy atom. The van der Waals surface area contributed by atoms with Crippen LogP contribution in [0.25, 0.3) is 0 Å². The van der Waals surface area contributed by atoms with E-state index < -0.39 is 28.5 Å². The molecule has 47 heavy (non-hydrogen) atoms. The summed E-state index contributed by atoms with van der Waals surface area (Å²) in [5.41, 5.74) is 1.07. The van der Waals surface area contributed by atoms with Gasteiger partial charge in [0.05, 0.1) is 17.7 Å². The highest BCUT2D eigenvalue weighted by molar-refractivity contribution is 7.92. The van der Waals surface area contributed by atoms with Gasteiger partial charge in [0.2, 0.25) is 11.8 Å². The first-order valence-electron chi connectivity index (χ1n) is 15.9. The summed E-state index contributed by atoms with van der Waals surface area (Å²) in [6.45, 7) is 1.46. The first-order chi connectivity index (χ1) is 22.8. The highest BCUT2D eigenvalue weighted by Crippen LogP contribution is 2.29. The minimum Gasteiger partial charge on any atom is -0.497 e. The van der Waals surface area contributed by atoms with Crippen LogP contribution in [0.2, 0.25) is 0 Å². The lowest BCUT2D eigenvalue weighted by atomic mass is 10.1. The van der Waals surface area contributed by atoms with E-state index in [0.717, 1.165) is 35.6 Å². The molecule has 9 nitrogen and oxygen atoms in total. The molecule has 5 rings (SSSR count). The van der Waals surface area contributed by atoms with Gasteiger partial charge in [0.15, 0.2) is 0 Å². The fourth-order valence-corrected chi connectivity index (χ4v) is 7.20. The lowest BCUT2D eigenvalue weighted by Crippen LogP contribution is -2.53. The zero-order valence-electron chi connectivity index (χ0n) is 26.7. The number of carbonyl (C=O) groups excluding carboxylic acids is 2. The van der Waals surface area contributed by atoms with E-state index in [0.29, 0.717) is 23.7 Å². The minimum absolute atomic E-state index is 0.0464. The SMILES string of the molecule is CCC(C(=O)NC1CCCC1)N(Cc1ccc(OC)cc1)C(=O)CN(c1ccc(Oc2ccccc2)cc1)S(=O)(=O)c1ccccc1. The van der Waals surface area contributed by atoms with E-state index in [9.17, 15) is 18.0 Å². The molecule has 246 valence electrons. The summed E-state index contributed by atoms with van der Waals surface area (Å²) < 4.78 is 40.6. The number of methoxy groups -OCH3 is 1. The Bertz CT molecular complexity index is 1710. The third kappa shape index (κ3) is 8.51. The van der Waals surface area contributed by atoms with Gasteiger partial charge in [-0.2, -0.15) is 0 Å². The minimum atomic E-state index is -4.18. The Balaban J connectivity index is 1.48. The number of amides is 2. The summed E-state index contributed by atoms with van der Waals surface area (Å²) in [6, 6.07) is 30.4. The molecule has 0 aliphatic heterocycles. The zero-order chi connectivity index (χ0) is 33.2. The number of carbonyl (C=O) groups is 2. The zero-order valence-corrected chi connectivity index (χ0v) is 27.6. The average Bonchev–Trinajstić information content (AvgIpc) is 3.61. The van der Waals surface area contributed by atoms with Gasteiger partial charge in [-0.05, 0) is 85.5 Å². The standard InChI is InChI=1S/C37H41N3O6S/c1-3-35(37(42)38-29-12-10-11-13-29)39(26-28-18-22-31(45-2)23-19-28)36(41)27-40(47(43,44)34-16-8-5-9-17-34)30-20-24-33(25-21-30)46-32-14-6-4-7-15-32/h4-9,14-25,29,35H,3,10-13,26-27H2,1-2H3,(H,38,42). The van der Waals surface area contributed by atoms with Crippen molar-refractivity contribution >= 4 is 27.5 Å². The molecule has 1 aliphatic rings. The molecule has 0 spiro atoms. The maximum absolute atomic E-state index is 14.4. The lowest BCUT2D eigenvalue weighted by molar-refractivity contribution is -0.140. The number of hydrogen-bond acceptors (Lipinski definition) is 6. The van der Waals surface area contributed by atoms with Gasteiger partial charge in [0.1, 0.15) is 29.8 Å². The second-order valence-corrected chi connectivity index (χ2v) is 13.4. The number of para-hydroxylation sites is 1. The Morgan fingerprint density at radius 1 is 0.809 bits per heavy atom. The Hall–Kier alpha value is -4.83. The molecule has 1 fully saturated rings. The van der Waals surface area contributed by atoms with Crippen LogP contribution >= 0.6 is 0 Å². The van der Waals surface area contributed by atoms with E-state index in [1.54, 1.807) is 61.7 Å². The molecular weight excluding hydrogens is 614 g/mol. The monoisotopic (exact) mass is 655 g/mol. The average molecular weight is 656 g/mol. The van der Waals surface area contributed by atoms with Crippen molar-refractivity contribution in [3.05, 3.63) is 115 Å². The first-order valence-corrected chi connectivity index (χ1v) is 17.4. The van der Waals surface area contributed by atoms with Crippen molar-refractivity contribution in [1.29, 1.82) is 0 Å². The van der Waals surface area contributed by atoms with Crippen LogP contribution in [0.4, 0.5) is 5.69 Å². The Morgan fingerprint density at radius 3 is 1.98 bits per heavy atom. The van der Waals surface area contributed by atoms with Gasteiger partial charge in [-0.15, -0.1) is 0 Å². The summed E-state index contributed by atoms with van der Waals surface area (Å²) in [5, 5.41) is 3.14. The molecule has 1 atom stereocenters. The van der Waals surface area contributed by atoms with Crippen molar-refractivity contribution in [3.63, 3.8) is 0 Å². The summed E-state index contributed by atoms with van der Waals surface area (Å²) >= 11 is 0. The Labute approximate surface area is 277 Å². The van der Waals surface area contributed by atoms with Crippen LogP contribution in [0.3, 0.4) is 0 Å². The van der Waals surface area contributed by atoms with E-state index in [2.05, 4.69) is 5.32 Å².